The van der Waals surface area contributed by atoms with Gasteiger partial charge in [-0.2, -0.15) is 0 Å². The molecule has 6 aromatic rings. The zero-order chi connectivity index (χ0) is 42.9. The molecule has 0 saturated carbocycles. The number of rotatable bonds is 8. The van der Waals surface area contributed by atoms with E-state index in [1.165, 1.54) is 0 Å². The number of para-hydroxylation sites is 1. The fourth-order valence-electron chi connectivity index (χ4n) is 10.5. The van der Waals surface area contributed by atoms with Gasteiger partial charge >= 0.3 is 5.97 Å². The molecule has 2 amide bonds. The Morgan fingerprint density at radius 1 is 0.810 bits per heavy atom. The van der Waals surface area contributed by atoms with Crippen molar-refractivity contribution in [2.75, 3.05) is 31.6 Å². The molecule has 4 aliphatic rings. The molecule has 4 aliphatic heterocycles. The Hall–Kier alpha value is -6.81. The standard InChI is InChI=1S/C51H48N6O6/c58-30-31-62-38-22-14-21-37(33-38)47-51(39-32-34(25-26-40(39)52-50(51)61)16-15-29-56-42-24-11-10-23-41(42)53-54-56)43(48(59)55-27-12-2-1-3-13-28-55)45-49(60)63-46(36-19-8-5-9-20-36)44(57(45)47)35-17-6-4-7-18-35/h4-11,14,17-26,32-33,43-47,58H,1-3,12-13,27-31H2,(H,52,61). The highest BCUT2D eigenvalue weighted by Gasteiger charge is 2.74. The number of cyclic esters (lactones) is 1. The fourth-order valence-corrected chi connectivity index (χ4v) is 10.5. The van der Waals surface area contributed by atoms with Crippen molar-refractivity contribution in [3.8, 4) is 17.6 Å². The number of morpholine rings is 1. The maximum Gasteiger partial charge on any atom is 0.324 e. The minimum absolute atomic E-state index is 0.0620. The molecule has 0 bridgehead atoms. The number of carbonyl (C=O) groups is 3. The van der Waals surface area contributed by atoms with Crippen LogP contribution in [0.5, 0.6) is 5.75 Å². The van der Waals surface area contributed by atoms with Gasteiger partial charge in [-0.25, -0.2) is 4.68 Å². The molecule has 5 aromatic carbocycles. The Balaban J connectivity index is 1.21. The minimum atomic E-state index is -1.65. The lowest BCUT2D eigenvalue weighted by molar-refractivity contribution is -0.179. The van der Waals surface area contributed by atoms with E-state index < -0.39 is 41.5 Å². The topological polar surface area (TPSA) is 139 Å². The Labute approximate surface area is 365 Å². The summed E-state index contributed by atoms with van der Waals surface area (Å²) in [6.07, 6.45) is 3.95. The van der Waals surface area contributed by atoms with E-state index in [9.17, 15) is 5.11 Å². The zero-order valence-electron chi connectivity index (χ0n) is 34.8. The number of likely N-dealkylation sites (tertiary alicyclic amines) is 1. The number of esters is 1. The van der Waals surface area contributed by atoms with Gasteiger partial charge in [-0.1, -0.05) is 121 Å². The minimum Gasteiger partial charge on any atom is -0.491 e. The summed E-state index contributed by atoms with van der Waals surface area (Å²) in [5, 5.41) is 21.5. The molecule has 0 radical (unpaired) electrons. The van der Waals surface area contributed by atoms with Gasteiger partial charge in [0.25, 0.3) is 0 Å². The molecule has 2 N–H and O–H groups in total. The second-order valence-electron chi connectivity index (χ2n) is 16.8. The smallest absolute Gasteiger partial charge is 0.324 e. The molecule has 0 aliphatic carbocycles. The lowest BCUT2D eigenvalue weighted by Crippen LogP contribution is -2.55. The maximum absolute atomic E-state index is 15.9. The van der Waals surface area contributed by atoms with Gasteiger partial charge in [-0.3, -0.25) is 19.3 Å². The lowest BCUT2D eigenvalue weighted by atomic mass is 9.65. The van der Waals surface area contributed by atoms with Gasteiger partial charge in [0.05, 0.1) is 30.1 Å². The van der Waals surface area contributed by atoms with Gasteiger partial charge in [0.2, 0.25) is 11.8 Å². The Kier molecular flexibility index (Phi) is 11.0. The maximum atomic E-state index is 15.9. The zero-order valence-corrected chi connectivity index (χ0v) is 34.8. The summed E-state index contributed by atoms with van der Waals surface area (Å²) in [6.45, 7) is 1.20. The predicted molar refractivity (Wildman–Crippen MR) is 236 cm³/mol. The van der Waals surface area contributed by atoms with Crippen molar-refractivity contribution in [2.24, 2.45) is 5.92 Å². The second kappa shape index (κ2) is 17.2. The number of nitrogens with one attached hydrogen (secondary N) is 1. The molecule has 12 heteroatoms. The van der Waals surface area contributed by atoms with Crippen molar-refractivity contribution >= 4 is 34.5 Å². The number of carbonyl (C=O) groups excluding carboxylic acids is 3. The molecule has 63 heavy (non-hydrogen) atoms. The molecule has 10 rings (SSSR count). The van der Waals surface area contributed by atoms with Crippen molar-refractivity contribution in [2.45, 2.75) is 68.3 Å². The van der Waals surface area contributed by atoms with E-state index in [2.05, 4.69) is 32.4 Å². The van der Waals surface area contributed by atoms with E-state index in [1.54, 1.807) is 4.68 Å². The third-order valence-corrected chi connectivity index (χ3v) is 13.2. The van der Waals surface area contributed by atoms with Crippen molar-refractivity contribution < 1.29 is 29.0 Å². The molecule has 5 heterocycles. The van der Waals surface area contributed by atoms with Crippen molar-refractivity contribution in [3.05, 3.63) is 155 Å². The van der Waals surface area contributed by atoms with E-state index in [0.29, 0.717) is 41.2 Å². The molecule has 3 fully saturated rings. The fraction of sp³-hybridized carbons (Fsp3) is 0.314. The lowest BCUT2D eigenvalue weighted by Gasteiger charge is -2.46. The van der Waals surface area contributed by atoms with Crippen LogP contribution in [0.4, 0.5) is 5.69 Å². The molecule has 318 valence electrons. The number of aromatic nitrogens is 3. The predicted octanol–water partition coefficient (Wildman–Crippen LogP) is 6.92. The van der Waals surface area contributed by atoms with Crippen LogP contribution in [0.25, 0.3) is 11.0 Å². The van der Waals surface area contributed by atoms with Gasteiger partial charge in [0.1, 0.15) is 42.0 Å². The monoisotopic (exact) mass is 840 g/mol. The highest BCUT2D eigenvalue weighted by molar-refractivity contribution is 6.12. The molecular weight excluding hydrogens is 793 g/mol. The SMILES string of the molecule is O=C1OC(c2ccccc2)C(c2ccccc2)N2C1C(C(=O)N1CCCCCCC1)C1(C(=O)Nc3ccc(C#CCn4nnc5ccccc54)cc31)C2c1cccc(OCCO)c1. The van der Waals surface area contributed by atoms with Gasteiger partial charge in [-0.05, 0) is 77.6 Å². The number of anilines is 1. The summed E-state index contributed by atoms with van der Waals surface area (Å²) in [4.78, 5) is 50.8. The normalized spacial score (nSPS) is 24.4. The Bertz CT molecular complexity index is 2720. The van der Waals surface area contributed by atoms with Crippen molar-refractivity contribution in [1.82, 2.24) is 24.8 Å². The molecule has 6 unspecified atom stereocenters. The van der Waals surface area contributed by atoms with Crippen LogP contribution >= 0.6 is 0 Å². The van der Waals surface area contributed by atoms with E-state index in [4.69, 9.17) is 9.47 Å². The van der Waals surface area contributed by atoms with Gasteiger partial charge in [0.15, 0.2) is 0 Å². The Morgan fingerprint density at radius 2 is 1.52 bits per heavy atom. The van der Waals surface area contributed by atoms with Gasteiger partial charge in [0, 0.05) is 24.3 Å². The van der Waals surface area contributed by atoms with E-state index in [-0.39, 0.29) is 31.6 Å². The summed E-state index contributed by atoms with van der Waals surface area (Å²) >= 11 is 0. The summed E-state index contributed by atoms with van der Waals surface area (Å²) in [7, 11) is 0. The van der Waals surface area contributed by atoms with Crippen LogP contribution in [0.3, 0.4) is 0 Å². The van der Waals surface area contributed by atoms with Crippen LogP contribution in [0.1, 0.15) is 78.1 Å². The quantitative estimate of drug-likeness (QED) is 0.124. The first-order valence-corrected chi connectivity index (χ1v) is 21.9. The van der Waals surface area contributed by atoms with Crippen LogP contribution in [0.15, 0.2) is 127 Å². The Morgan fingerprint density at radius 3 is 2.30 bits per heavy atom. The van der Waals surface area contributed by atoms with Gasteiger partial charge in [-0.15, -0.1) is 5.10 Å². The third-order valence-electron chi connectivity index (χ3n) is 13.2. The second-order valence-corrected chi connectivity index (χ2v) is 16.8. The molecule has 1 aromatic heterocycles. The van der Waals surface area contributed by atoms with Crippen LogP contribution in [0, 0.1) is 17.8 Å². The average Bonchev–Trinajstić information content (AvgIpc) is 3.96. The number of hydrogen-bond acceptors (Lipinski definition) is 9. The molecule has 6 atom stereocenters. The number of amides is 2. The summed E-state index contributed by atoms with van der Waals surface area (Å²) in [6, 6.07) is 37.7. The van der Waals surface area contributed by atoms with E-state index in [0.717, 1.165) is 54.3 Å². The first-order chi connectivity index (χ1) is 31.0. The summed E-state index contributed by atoms with van der Waals surface area (Å²) in [5.41, 5.74) is 4.12. The first kappa shape index (κ1) is 40.3. The summed E-state index contributed by atoms with van der Waals surface area (Å²) < 4.78 is 14.4. The number of nitrogens with zero attached hydrogens (tertiary/aromatic N) is 5. The van der Waals surface area contributed by atoms with Crippen LogP contribution in [0.2, 0.25) is 0 Å². The molecule has 12 nitrogen and oxygen atoms in total. The van der Waals surface area contributed by atoms with Crippen LogP contribution in [-0.2, 0) is 31.1 Å². The summed E-state index contributed by atoms with van der Waals surface area (Å²) in [5.74, 6) is 4.70. The van der Waals surface area contributed by atoms with Crippen LogP contribution < -0.4 is 10.1 Å². The third kappa shape index (κ3) is 7.11. The molecular formula is C51H48N6O6. The largest absolute Gasteiger partial charge is 0.491 e. The number of aliphatic hydroxyl groups is 1. The number of fused-ring (bicyclic) bond motifs is 4. The highest BCUT2D eigenvalue weighted by atomic mass is 16.6. The van der Waals surface area contributed by atoms with Crippen molar-refractivity contribution in [1.29, 1.82) is 0 Å². The number of hydrogen-bond donors (Lipinski definition) is 2. The van der Waals surface area contributed by atoms with E-state index >= 15 is 14.4 Å². The average molecular weight is 841 g/mol. The van der Waals surface area contributed by atoms with E-state index in [1.807, 2.05) is 132 Å². The van der Waals surface area contributed by atoms with Gasteiger partial charge < -0.3 is 24.8 Å². The number of ether oxygens (including phenoxy) is 2. The molecule has 1 spiro atoms. The van der Waals surface area contributed by atoms with Crippen molar-refractivity contribution in [3.63, 3.8) is 0 Å². The molecule has 3 saturated heterocycles. The number of benzene rings is 5. The highest BCUT2D eigenvalue weighted by Crippen LogP contribution is 2.65. The first-order valence-electron chi connectivity index (χ1n) is 21.9. The number of aliphatic hydroxyl groups excluding tert-OH is 1. The van der Waals surface area contributed by atoms with Crippen LogP contribution in [-0.4, -0.2) is 80.0 Å².